The zero-order valence-corrected chi connectivity index (χ0v) is 21.1. The van der Waals surface area contributed by atoms with Crippen molar-refractivity contribution in [3.8, 4) is 34.5 Å². The van der Waals surface area contributed by atoms with Gasteiger partial charge in [0.1, 0.15) is 17.2 Å². The molecule has 192 valence electrons. The molecule has 10 nitrogen and oxygen atoms in total. The Morgan fingerprint density at radius 1 is 1.00 bits per heavy atom. The molecule has 0 saturated heterocycles. The van der Waals surface area contributed by atoms with Crippen molar-refractivity contribution in [1.29, 1.82) is 0 Å². The average molecular weight is 511 g/mol. The number of hydrogen-bond acceptors (Lipinski definition) is 7. The fourth-order valence-electron chi connectivity index (χ4n) is 3.91. The van der Waals surface area contributed by atoms with Crippen molar-refractivity contribution in [2.45, 2.75) is 13.5 Å². The number of nitrogens with one attached hydrogen (secondary N) is 2. The molecule has 10 heteroatoms. The van der Waals surface area contributed by atoms with Crippen LogP contribution in [0.3, 0.4) is 0 Å². The van der Waals surface area contributed by atoms with E-state index in [-0.39, 0.29) is 6.03 Å². The number of rotatable bonds is 8. The van der Waals surface area contributed by atoms with Gasteiger partial charge in [-0.2, -0.15) is 4.98 Å². The Morgan fingerprint density at radius 3 is 2.58 bits per heavy atom. The summed E-state index contributed by atoms with van der Waals surface area (Å²) in [6.07, 6.45) is 3.58. The van der Waals surface area contributed by atoms with Crippen molar-refractivity contribution in [2.75, 3.05) is 24.9 Å². The minimum atomic E-state index is -0.384. The molecular weight excluding hydrogens is 484 g/mol. The molecule has 5 rings (SSSR count). The second kappa shape index (κ2) is 10.9. The van der Waals surface area contributed by atoms with Crippen LogP contribution in [-0.4, -0.2) is 39.9 Å². The molecule has 38 heavy (non-hydrogen) atoms. The van der Waals surface area contributed by atoms with E-state index in [2.05, 4.69) is 25.8 Å². The number of amides is 2. The normalized spacial score (nSPS) is 10.7. The highest BCUT2D eigenvalue weighted by Gasteiger charge is 2.14. The van der Waals surface area contributed by atoms with Crippen LogP contribution in [0.5, 0.6) is 11.5 Å². The molecule has 2 heterocycles. The van der Waals surface area contributed by atoms with Gasteiger partial charge in [-0.05, 0) is 42.3 Å². The summed E-state index contributed by atoms with van der Waals surface area (Å²) in [6.45, 7) is 2.59. The van der Waals surface area contributed by atoms with Crippen LogP contribution in [0.25, 0.3) is 23.0 Å². The molecule has 0 aliphatic heterocycles. The predicted molar refractivity (Wildman–Crippen MR) is 143 cm³/mol. The van der Waals surface area contributed by atoms with E-state index >= 15 is 0 Å². The number of benzene rings is 3. The number of ether oxygens (including phenoxy) is 2. The summed E-state index contributed by atoms with van der Waals surface area (Å²) in [4.78, 5) is 21.4. The number of nitrogens with zero attached hydrogens (tertiary/aromatic N) is 4. The number of carbonyl (C=O) groups is 1. The van der Waals surface area contributed by atoms with E-state index in [1.807, 2.05) is 66.2 Å². The van der Waals surface area contributed by atoms with Crippen LogP contribution >= 0.6 is 0 Å². The number of aryl methyl sites for hydroxylation is 1. The van der Waals surface area contributed by atoms with E-state index < -0.39 is 0 Å². The number of methoxy groups -OCH3 is 2. The zero-order valence-electron chi connectivity index (χ0n) is 21.1. The number of carbonyl (C=O) groups excluding carboxylic acids is 1. The summed E-state index contributed by atoms with van der Waals surface area (Å²) in [5.41, 5.74) is 4.81. The van der Waals surface area contributed by atoms with Gasteiger partial charge in [0.25, 0.3) is 5.89 Å². The Morgan fingerprint density at radius 2 is 1.82 bits per heavy atom. The van der Waals surface area contributed by atoms with E-state index in [1.165, 1.54) is 7.11 Å². The van der Waals surface area contributed by atoms with Crippen molar-refractivity contribution in [2.24, 2.45) is 0 Å². The van der Waals surface area contributed by atoms with Gasteiger partial charge in [0.05, 0.1) is 26.2 Å². The lowest BCUT2D eigenvalue weighted by Crippen LogP contribution is -2.19. The molecule has 0 aliphatic rings. The maximum atomic E-state index is 12.5. The molecule has 3 aromatic carbocycles. The molecule has 0 fully saturated rings. The lowest BCUT2D eigenvalue weighted by atomic mass is 10.1. The molecule has 2 aromatic heterocycles. The molecule has 2 N–H and O–H groups in total. The third-order valence-corrected chi connectivity index (χ3v) is 5.90. The molecular formula is C28H26N6O4. The standard InChI is InChI=1S/C28H26N6O4/c1-18-6-4-5-7-22(18)26-32-27(38-33-26)24-16-34(17-29-24)15-19-8-10-20(11-9-19)30-28(35)31-23-13-12-21(36-2)14-25(23)37-3/h4-14,16-17H,15H2,1-3H3,(H2,30,31,35). The molecule has 0 saturated carbocycles. The van der Waals surface area contributed by atoms with Crippen LogP contribution in [0.2, 0.25) is 0 Å². The predicted octanol–water partition coefficient (Wildman–Crippen LogP) is 5.62. The van der Waals surface area contributed by atoms with Crippen molar-refractivity contribution >= 4 is 17.4 Å². The van der Waals surface area contributed by atoms with Crippen LogP contribution in [0.1, 0.15) is 11.1 Å². The topological polar surface area (TPSA) is 116 Å². The second-order valence-electron chi connectivity index (χ2n) is 8.51. The van der Waals surface area contributed by atoms with E-state index in [9.17, 15) is 4.79 Å². The van der Waals surface area contributed by atoms with Crippen LogP contribution < -0.4 is 20.1 Å². The quantitative estimate of drug-likeness (QED) is 0.278. The molecule has 0 radical (unpaired) electrons. The highest BCUT2D eigenvalue weighted by molar-refractivity contribution is 6.00. The minimum absolute atomic E-state index is 0.362. The molecule has 5 aromatic rings. The van der Waals surface area contributed by atoms with Gasteiger partial charge in [0.2, 0.25) is 5.82 Å². The Labute approximate surface area is 219 Å². The van der Waals surface area contributed by atoms with Crippen LogP contribution in [0.15, 0.2) is 83.8 Å². The Balaban J connectivity index is 1.20. The number of urea groups is 1. The first kappa shape index (κ1) is 24.6. The molecule has 0 spiro atoms. The fraction of sp³-hybridized carbons (Fsp3) is 0.143. The monoisotopic (exact) mass is 510 g/mol. The van der Waals surface area contributed by atoms with Gasteiger partial charge in [-0.25, -0.2) is 9.78 Å². The van der Waals surface area contributed by atoms with Crippen molar-refractivity contribution in [3.05, 3.63) is 90.4 Å². The maximum absolute atomic E-state index is 12.5. The molecule has 2 amide bonds. The van der Waals surface area contributed by atoms with Gasteiger partial charge in [-0.3, -0.25) is 0 Å². The summed E-state index contributed by atoms with van der Waals surface area (Å²) >= 11 is 0. The number of aromatic nitrogens is 4. The van der Waals surface area contributed by atoms with Crippen LogP contribution in [0.4, 0.5) is 16.2 Å². The summed E-state index contributed by atoms with van der Waals surface area (Å²) in [6, 6.07) is 20.2. The Hall–Kier alpha value is -5.12. The molecule has 0 aliphatic carbocycles. The minimum Gasteiger partial charge on any atom is -0.497 e. The summed E-state index contributed by atoms with van der Waals surface area (Å²) in [5.74, 6) is 2.03. The third-order valence-electron chi connectivity index (χ3n) is 5.90. The molecule has 0 bridgehead atoms. The SMILES string of the molecule is COc1ccc(NC(=O)Nc2ccc(Cn3cnc(-c4nc(-c5ccccc5C)no4)c3)cc2)c(OC)c1. The molecule has 0 unspecified atom stereocenters. The lowest BCUT2D eigenvalue weighted by molar-refractivity contribution is 0.262. The number of imidazole rings is 1. The Bertz CT molecular complexity index is 1560. The smallest absolute Gasteiger partial charge is 0.323 e. The second-order valence-corrected chi connectivity index (χ2v) is 8.51. The van der Waals surface area contributed by atoms with E-state index in [1.54, 1.807) is 31.6 Å². The highest BCUT2D eigenvalue weighted by Crippen LogP contribution is 2.29. The van der Waals surface area contributed by atoms with E-state index in [0.717, 1.165) is 16.7 Å². The Kier molecular flexibility index (Phi) is 7.03. The number of hydrogen-bond donors (Lipinski definition) is 2. The number of anilines is 2. The van der Waals surface area contributed by atoms with Gasteiger partial charge in [0, 0.05) is 30.1 Å². The van der Waals surface area contributed by atoms with Gasteiger partial charge < -0.3 is 29.2 Å². The highest BCUT2D eigenvalue weighted by atomic mass is 16.5. The first-order valence-electron chi connectivity index (χ1n) is 11.8. The van der Waals surface area contributed by atoms with Crippen molar-refractivity contribution in [1.82, 2.24) is 19.7 Å². The first-order chi connectivity index (χ1) is 18.5. The van der Waals surface area contributed by atoms with Crippen LogP contribution in [0, 0.1) is 6.92 Å². The third kappa shape index (κ3) is 5.49. The van der Waals surface area contributed by atoms with Gasteiger partial charge in [-0.1, -0.05) is 41.6 Å². The average Bonchev–Trinajstić information content (AvgIpc) is 3.60. The van der Waals surface area contributed by atoms with Gasteiger partial charge in [0.15, 0.2) is 0 Å². The van der Waals surface area contributed by atoms with Gasteiger partial charge >= 0.3 is 6.03 Å². The largest absolute Gasteiger partial charge is 0.497 e. The van der Waals surface area contributed by atoms with Crippen LogP contribution in [-0.2, 0) is 6.54 Å². The van der Waals surface area contributed by atoms with E-state index in [0.29, 0.717) is 46.8 Å². The summed E-state index contributed by atoms with van der Waals surface area (Å²) < 4.78 is 17.9. The van der Waals surface area contributed by atoms with E-state index in [4.69, 9.17) is 14.0 Å². The maximum Gasteiger partial charge on any atom is 0.323 e. The first-order valence-corrected chi connectivity index (χ1v) is 11.8. The summed E-state index contributed by atoms with van der Waals surface area (Å²) in [5, 5.41) is 9.72. The van der Waals surface area contributed by atoms with Crippen molar-refractivity contribution < 1.29 is 18.8 Å². The van der Waals surface area contributed by atoms with Gasteiger partial charge in [-0.15, -0.1) is 0 Å². The molecule has 0 atom stereocenters. The fourth-order valence-corrected chi connectivity index (χ4v) is 3.91. The lowest BCUT2D eigenvalue weighted by Gasteiger charge is -2.12. The summed E-state index contributed by atoms with van der Waals surface area (Å²) in [7, 11) is 3.10. The van der Waals surface area contributed by atoms with Crippen molar-refractivity contribution in [3.63, 3.8) is 0 Å². The zero-order chi connectivity index (χ0) is 26.5.